The molecule has 1 aliphatic rings. The van der Waals surface area contributed by atoms with Crippen molar-refractivity contribution in [2.24, 2.45) is 5.92 Å². The molecule has 0 spiro atoms. The summed E-state index contributed by atoms with van der Waals surface area (Å²) in [6, 6.07) is 5.19. The number of halogens is 3. The topological polar surface area (TPSA) is 79.4 Å². The minimum atomic E-state index is -4.75. The maximum absolute atomic E-state index is 12.3. The maximum atomic E-state index is 12.3. The predicted molar refractivity (Wildman–Crippen MR) is 116 cm³/mol. The summed E-state index contributed by atoms with van der Waals surface area (Å²) in [6.07, 6.45) is 0.841. The summed E-state index contributed by atoms with van der Waals surface area (Å²) in [5.74, 6) is 1.19. The van der Waals surface area contributed by atoms with Gasteiger partial charge in [0.15, 0.2) is 0 Å². The van der Waals surface area contributed by atoms with Gasteiger partial charge in [-0.3, -0.25) is 4.79 Å². The lowest BCUT2D eigenvalue weighted by Crippen LogP contribution is -2.34. The van der Waals surface area contributed by atoms with E-state index in [1.807, 2.05) is 32.1 Å². The van der Waals surface area contributed by atoms with Crippen LogP contribution in [0.15, 0.2) is 30.5 Å². The minimum absolute atomic E-state index is 0.279. The summed E-state index contributed by atoms with van der Waals surface area (Å²) < 4.78 is 40.5. The van der Waals surface area contributed by atoms with Gasteiger partial charge in [0.2, 0.25) is 5.95 Å². The number of alkyl halides is 3. The molecule has 0 atom stereocenters. The molecule has 1 fully saturated rings. The zero-order valence-corrected chi connectivity index (χ0v) is 18.4. The van der Waals surface area contributed by atoms with Gasteiger partial charge in [-0.05, 0) is 62.8 Å². The minimum Gasteiger partial charge on any atom is -0.406 e. The highest BCUT2D eigenvalue weighted by Crippen LogP contribution is 2.27. The molecule has 1 aromatic carbocycles. The molecule has 174 valence electrons. The second kappa shape index (κ2) is 10.1. The van der Waals surface area contributed by atoms with Crippen molar-refractivity contribution in [2.45, 2.75) is 45.0 Å². The van der Waals surface area contributed by atoms with Crippen LogP contribution in [-0.4, -0.2) is 48.9 Å². The SMILES string of the molecule is Cc1cnc(NC2CCC(CNC(=O)c3ccc(OC(F)(F)F)cc3)CC2)nc1N(C)C. The molecule has 1 aromatic heterocycles. The molecule has 7 nitrogen and oxygen atoms in total. The van der Waals surface area contributed by atoms with Gasteiger partial charge in [-0.15, -0.1) is 13.2 Å². The Morgan fingerprint density at radius 3 is 2.41 bits per heavy atom. The van der Waals surface area contributed by atoms with E-state index in [2.05, 4.69) is 25.3 Å². The summed E-state index contributed by atoms with van der Waals surface area (Å²) in [6.45, 7) is 2.50. The van der Waals surface area contributed by atoms with Crippen molar-refractivity contribution < 1.29 is 22.7 Å². The van der Waals surface area contributed by atoms with Gasteiger partial charge in [0.1, 0.15) is 11.6 Å². The van der Waals surface area contributed by atoms with Crippen molar-refractivity contribution in [3.05, 3.63) is 41.6 Å². The Kier molecular flexibility index (Phi) is 7.42. The van der Waals surface area contributed by atoms with Crippen LogP contribution in [0.25, 0.3) is 0 Å². The van der Waals surface area contributed by atoms with Crippen molar-refractivity contribution in [2.75, 3.05) is 30.9 Å². The standard InChI is InChI=1S/C22H28F3N5O2/c1-14-12-27-21(29-19(14)30(2)3)28-17-8-4-15(5-9-17)13-26-20(31)16-6-10-18(11-7-16)32-22(23,24)25/h6-7,10-12,15,17H,4-5,8-9,13H2,1-3H3,(H,26,31)(H,27,28,29). The largest absolute Gasteiger partial charge is 0.573 e. The molecule has 0 bridgehead atoms. The molecule has 10 heteroatoms. The van der Waals surface area contributed by atoms with Crippen LogP contribution in [0.5, 0.6) is 5.75 Å². The molecule has 1 heterocycles. The quantitative estimate of drug-likeness (QED) is 0.659. The van der Waals surface area contributed by atoms with E-state index in [-0.39, 0.29) is 17.7 Å². The molecular formula is C22H28F3N5O2. The van der Waals surface area contributed by atoms with Crippen molar-refractivity contribution in [1.29, 1.82) is 0 Å². The Balaban J connectivity index is 1.43. The van der Waals surface area contributed by atoms with Crippen molar-refractivity contribution in [3.8, 4) is 5.75 Å². The monoisotopic (exact) mass is 451 g/mol. The second-order valence-corrected chi connectivity index (χ2v) is 8.24. The number of benzene rings is 1. The van der Waals surface area contributed by atoms with Crippen LogP contribution in [0.1, 0.15) is 41.6 Å². The third-order valence-corrected chi connectivity index (χ3v) is 5.45. The lowest BCUT2D eigenvalue weighted by Gasteiger charge is -2.29. The van der Waals surface area contributed by atoms with Crippen LogP contribution in [-0.2, 0) is 0 Å². The fourth-order valence-corrected chi connectivity index (χ4v) is 3.80. The molecule has 0 saturated heterocycles. The molecular weight excluding hydrogens is 423 g/mol. The first kappa shape index (κ1) is 23.6. The lowest BCUT2D eigenvalue weighted by atomic mass is 9.86. The Labute approximate surface area is 185 Å². The number of nitrogens with one attached hydrogen (secondary N) is 2. The highest BCUT2D eigenvalue weighted by molar-refractivity contribution is 5.94. The fraction of sp³-hybridized carbons (Fsp3) is 0.500. The molecule has 0 radical (unpaired) electrons. The molecule has 0 unspecified atom stereocenters. The lowest BCUT2D eigenvalue weighted by molar-refractivity contribution is -0.274. The number of hydrogen-bond acceptors (Lipinski definition) is 6. The summed E-state index contributed by atoms with van der Waals surface area (Å²) in [7, 11) is 3.90. The van der Waals surface area contributed by atoms with Gasteiger partial charge in [-0.2, -0.15) is 4.98 Å². The van der Waals surface area contributed by atoms with Gasteiger partial charge in [-0.1, -0.05) is 0 Å². The molecule has 2 aromatic rings. The average Bonchev–Trinajstić information content (AvgIpc) is 2.73. The van der Waals surface area contributed by atoms with Gasteiger partial charge in [-0.25, -0.2) is 4.98 Å². The number of ether oxygens (including phenoxy) is 1. The predicted octanol–water partition coefficient (Wildman–Crippen LogP) is 4.15. The summed E-state index contributed by atoms with van der Waals surface area (Å²) >= 11 is 0. The number of carbonyl (C=O) groups excluding carboxylic acids is 1. The first-order valence-electron chi connectivity index (χ1n) is 10.5. The number of amides is 1. The van der Waals surface area contributed by atoms with Gasteiger partial charge < -0.3 is 20.3 Å². The van der Waals surface area contributed by atoms with Crippen LogP contribution < -0.4 is 20.3 Å². The fourth-order valence-electron chi connectivity index (χ4n) is 3.80. The van der Waals surface area contributed by atoms with Crippen molar-refractivity contribution in [1.82, 2.24) is 15.3 Å². The van der Waals surface area contributed by atoms with E-state index in [0.717, 1.165) is 49.2 Å². The van der Waals surface area contributed by atoms with Crippen LogP contribution >= 0.6 is 0 Å². The molecule has 2 N–H and O–H groups in total. The van der Waals surface area contributed by atoms with E-state index in [1.165, 1.54) is 12.1 Å². The number of hydrogen-bond donors (Lipinski definition) is 2. The van der Waals surface area contributed by atoms with Crippen molar-refractivity contribution >= 4 is 17.7 Å². The van der Waals surface area contributed by atoms with E-state index in [9.17, 15) is 18.0 Å². The smallest absolute Gasteiger partial charge is 0.406 e. The third-order valence-electron chi connectivity index (χ3n) is 5.45. The second-order valence-electron chi connectivity index (χ2n) is 8.24. The Morgan fingerprint density at radius 1 is 1.16 bits per heavy atom. The van der Waals surface area contributed by atoms with E-state index >= 15 is 0 Å². The van der Waals surface area contributed by atoms with Crippen LogP contribution in [0.2, 0.25) is 0 Å². The Bertz CT molecular complexity index is 911. The number of aromatic nitrogens is 2. The molecule has 32 heavy (non-hydrogen) atoms. The van der Waals surface area contributed by atoms with Gasteiger partial charge >= 0.3 is 6.36 Å². The molecule has 3 rings (SSSR count). The summed E-state index contributed by atoms with van der Waals surface area (Å²) in [4.78, 5) is 23.2. The van der Waals surface area contributed by atoms with E-state index < -0.39 is 6.36 Å². The zero-order valence-electron chi connectivity index (χ0n) is 18.4. The molecule has 1 amide bonds. The average molecular weight is 451 g/mol. The number of nitrogens with zero attached hydrogens (tertiary/aromatic N) is 3. The van der Waals surface area contributed by atoms with Crippen LogP contribution in [0.4, 0.5) is 24.9 Å². The van der Waals surface area contributed by atoms with Crippen LogP contribution in [0.3, 0.4) is 0 Å². The molecule has 1 saturated carbocycles. The van der Waals surface area contributed by atoms with E-state index in [0.29, 0.717) is 24.0 Å². The normalized spacial score (nSPS) is 18.7. The first-order valence-corrected chi connectivity index (χ1v) is 10.5. The third kappa shape index (κ3) is 6.73. The number of anilines is 2. The molecule has 1 aliphatic carbocycles. The van der Waals surface area contributed by atoms with Gasteiger partial charge in [0.25, 0.3) is 5.91 Å². The van der Waals surface area contributed by atoms with Crippen molar-refractivity contribution in [3.63, 3.8) is 0 Å². The first-order chi connectivity index (χ1) is 15.1. The number of rotatable bonds is 7. The van der Waals surface area contributed by atoms with Crippen LogP contribution in [0, 0.1) is 12.8 Å². The zero-order chi connectivity index (χ0) is 23.3. The maximum Gasteiger partial charge on any atom is 0.573 e. The molecule has 0 aliphatic heterocycles. The Hall–Kier alpha value is -3.04. The number of aryl methyl sites for hydroxylation is 1. The number of carbonyl (C=O) groups is 1. The Morgan fingerprint density at radius 2 is 1.81 bits per heavy atom. The summed E-state index contributed by atoms with van der Waals surface area (Å²) in [5, 5.41) is 6.28. The van der Waals surface area contributed by atoms with E-state index in [4.69, 9.17) is 0 Å². The van der Waals surface area contributed by atoms with Gasteiger partial charge in [0, 0.05) is 44.0 Å². The highest BCUT2D eigenvalue weighted by Gasteiger charge is 2.31. The summed E-state index contributed by atoms with van der Waals surface area (Å²) in [5.41, 5.74) is 1.31. The highest BCUT2D eigenvalue weighted by atomic mass is 19.4. The van der Waals surface area contributed by atoms with Gasteiger partial charge in [0.05, 0.1) is 0 Å². The van der Waals surface area contributed by atoms with E-state index in [1.54, 1.807) is 0 Å².